The molecule has 2 aromatic rings. The Kier molecular flexibility index (Phi) is 6.48. The van der Waals surface area contributed by atoms with Crippen LogP contribution >= 0.6 is 11.8 Å². The van der Waals surface area contributed by atoms with Gasteiger partial charge in [0.1, 0.15) is 0 Å². The lowest BCUT2D eigenvalue weighted by molar-refractivity contribution is 0.111. The first-order valence-corrected chi connectivity index (χ1v) is 12.2. The summed E-state index contributed by atoms with van der Waals surface area (Å²) in [7, 11) is 0. The molecule has 150 valence electrons. The lowest BCUT2D eigenvalue weighted by atomic mass is 9.68. The second-order valence-electron chi connectivity index (χ2n) is 8.78. The Morgan fingerprint density at radius 3 is 2.75 bits per heavy atom. The predicted octanol–water partition coefficient (Wildman–Crippen LogP) is 6.48. The predicted molar refractivity (Wildman–Crippen MR) is 122 cm³/mol. The zero-order valence-corrected chi connectivity index (χ0v) is 18.4. The summed E-state index contributed by atoms with van der Waals surface area (Å²) in [6.07, 6.45) is 8.02. The molecule has 0 amide bonds. The monoisotopic (exact) mass is 393 g/mol. The highest BCUT2D eigenvalue weighted by Crippen LogP contribution is 2.50. The summed E-state index contributed by atoms with van der Waals surface area (Å²) in [5.41, 5.74) is 5.05. The zero-order valence-electron chi connectivity index (χ0n) is 17.6. The third-order valence-electron chi connectivity index (χ3n) is 7.20. The van der Waals surface area contributed by atoms with E-state index in [4.69, 9.17) is 0 Å². The van der Waals surface area contributed by atoms with Crippen molar-refractivity contribution in [2.24, 2.45) is 5.92 Å². The fourth-order valence-electron chi connectivity index (χ4n) is 5.66. The summed E-state index contributed by atoms with van der Waals surface area (Å²) < 4.78 is 0. The van der Waals surface area contributed by atoms with E-state index in [2.05, 4.69) is 79.0 Å². The number of rotatable bonds is 7. The lowest BCUT2D eigenvalue weighted by Gasteiger charge is -2.45. The first kappa shape index (κ1) is 20.0. The smallest absolute Gasteiger partial charge is 0.0133 e. The normalized spacial score (nSPS) is 25.0. The lowest BCUT2D eigenvalue weighted by Crippen LogP contribution is -2.47. The van der Waals surface area contributed by atoms with Crippen molar-refractivity contribution in [1.29, 1.82) is 0 Å². The summed E-state index contributed by atoms with van der Waals surface area (Å²) in [6, 6.07) is 18.2. The molecule has 2 unspecified atom stereocenters. The molecule has 0 N–H and O–H groups in total. The van der Waals surface area contributed by atoms with Crippen LogP contribution < -0.4 is 0 Å². The second-order valence-corrected chi connectivity index (χ2v) is 9.89. The summed E-state index contributed by atoms with van der Waals surface area (Å²) >= 11 is 2.08. The van der Waals surface area contributed by atoms with Gasteiger partial charge >= 0.3 is 0 Å². The molecule has 2 atom stereocenters. The number of hydrogen-bond donors (Lipinski definition) is 0. The van der Waals surface area contributed by atoms with Crippen molar-refractivity contribution in [2.75, 3.05) is 25.4 Å². The SMILES string of the molecule is CCc1cccc(C)c1SCCCN1CCC2(c3ccccc3)CCCC2C1. The van der Waals surface area contributed by atoms with Gasteiger partial charge in [-0.05, 0) is 80.5 Å². The maximum absolute atomic E-state index is 2.76. The average Bonchev–Trinajstić information content (AvgIpc) is 3.17. The largest absolute Gasteiger partial charge is 0.303 e. The number of nitrogens with zero attached hydrogens (tertiary/aromatic N) is 1. The van der Waals surface area contributed by atoms with E-state index < -0.39 is 0 Å². The highest BCUT2D eigenvalue weighted by molar-refractivity contribution is 7.99. The van der Waals surface area contributed by atoms with Crippen molar-refractivity contribution in [3.05, 3.63) is 65.2 Å². The number of piperidine rings is 1. The number of fused-ring (bicyclic) bond motifs is 1. The first-order chi connectivity index (χ1) is 13.7. The van der Waals surface area contributed by atoms with Crippen LogP contribution in [0.2, 0.25) is 0 Å². The van der Waals surface area contributed by atoms with Gasteiger partial charge in [0.2, 0.25) is 0 Å². The topological polar surface area (TPSA) is 3.24 Å². The zero-order chi connectivity index (χ0) is 19.4. The Morgan fingerprint density at radius 2 is 1.93 bits per heavy atom. The highest BCUT2D eigenvalue weighted by Gasteiger charge is 2.46. The summed E-state index contributed by atoms with van der Waals surface area (Å²) in [5.74, 6) is 2.10. The van der Waals surface area contributed by atoms with E-state index in [9.17, 15) is 0 Å². The Labute approximate surface area is 175 Å². The van der Waals surface area contributed by atoms with Gasteiger partial charge in [0.25, 0.3) is 0 Å². The molecule has 1 heterocycles. The summed E-state index contributed by atoms with van der Waals surface area (Å²) in [6.45, 7) is 8.38. The van der Waals surface area contributed by atoms with E-state index in [0.29, 0.717) is 5.41 Å². The molecule has 1 saturated carbocycles. The molecule has 1 saturated heterocycles. The van der Waals surface area contributed by atoms with Crippen LogP contribution in [-0.4, -0.2) is 30.3 Å². The van der Waals surface area contributed by atoms with Crippen molar-refractivity contribution >= 4 is 11.8 Å². The molecule has 4 rings (SSSR count). The van der Waals surface area contributed by atoms with E-state index in [1.807, 2.05) is 0 Å². The van der Waals surface area contributed by atoms with Gasteiger partial charge in [0.05, 0.1) is 0 Å². The summed E-state index contributed by atoms with van der Waals surface area (Å²) in [5, 5.41) is 0. The van der Waals surface area contributed by atoms with E-state index in [1.54, 1.807) is 5.56 Å². The molecule has 0 spiro atoms. The highest BCUT2D eigenvalue weighted by atomic mass is 32.2. The molecular formula is C26H35NS. The van der Waals surface area contributed by atoms with Crippen molar-refractivity contribution < 1.29 is 0 Å². The average molecular weight is 394 g/mol. The molecule has 1 aliphatic carbocycles. The Hall–Kier alpha value is -1.25. The third-order valence-corrected chi connectivity index (χ3v) is 8.56. The van der Waals surface area contributed by atoms with Crippen LogP contribution in [0.4, 0.5) is 0 Å². The molecule has 2 aromatic carbocycles. The molecule has 2 aliphatic rings. The molecule has 2 fully saturated rings. The van der Waals surface area contributed by atoms with Gasteiger partial charge in [-0.3, -0.25) is 0 Å². The van der Waals surface area contributed by atoms with Crippen molar-refractivity contribution in [3.63, 3.8) is 0 Å². The van der Waals surface area contributed by atoms with Crippen LogP contribution in [0.15, 0.2) is 53.4 Å². The standard InChI is InChI=1S/C26H35NS/c1-3-22-11-7-10-21(2)25(22)28-19-9-17-27-18-16-26(15-8-14-24(26)20-27)23-12-5-4-6-13-23/h4-7,10-13,24H,3,8-9,14-20H2,1-2H3. The van der Waals surface area contributed by atoms with Gasteiger partial charge < -0.3 is 4.90 Å². The van der Waals surface area contributed by atoms with Crippen molar-refractivity contribution in [1.82, 2.24) is 4.90 Å². The van der Waals surface area contributed by atoms with Crippen LogP contribution in [-0.2, 0) is 11.8 Å². The van der Waals surface area contributed by atoms with E-state index in [1.165, 1.54) is 73.5 Å². The Bertz CT molecular complexity index is 771. The maximum Gasteiger partial charge on any atom is 0.0133 e. The Balaban J connectivity index is 1.30. The number of benzene rings is 2. The number of aryl methyl sites for hydroxylation is 2. The van der Waals surface area contributed by atoms with Gasteiger partial charge in [-0.15, -0.1) is 11.8 Å². The summed E-state index contributed by atoms with van der Waals surface area (Å²) in [4.78, 5) is 4.29. The van der Waals surface area contributed by atoms with E-state index in [0.717, 1.165) is 12.3 Å². The Morgan fingerprint density at radius 1 is 1.07 bits per heavy atom. The first-order valence-electron chi connectivity index (χ1n) is 11.2. The fourth-order valence-corrected chi connectivity index (χ4v) is 6.83. The molecule has 0 radical (unpaired) electrons. The minimum atomic E-state index is 0.476. The van der Waals surface area contributed by atoms with Crippen LogP contribution in [0.5, 0.6) is 0 Å². The van der Waals surface area contributed by atoms with Gasteiger partial charge in [-0.2, -0.15) is 0 Å². The molecule has 0 bridgehead atoms. The minimum Gasteiger partial charge on any atom is -0.303 e. The number of thioether (sulfide) groups is 1. The van der Waals surface area contributed by atoms with Crippen molar-refractivity contribution in [3.8, 4) is 0 Å². The molecule has 28 heavy (non-hydrogen) atoms. The van der Waals surface area contributed by atoms with E-state index >= 15 is 0 Å². The van der Waals surface area contributed by atoms with Crippen LogP contribution in [0.3, 0.4) is 0 Å². The van der Waals surface area contributed by atoms with Gasteiger partial charge in [-0.1, -0.05) is 61.9 Å². The van der Waals surface area contributed by atoms with E-state index in [-0.39, 0.29) is 0 Å². The molecule has 1 nitrogen and oxygen atoms in total. The third kappa shape index (κ3) is 4.04. The molecular weight excluding hydrogens is 358 g/mol. The van der Waals surface area contributed by atoms with Gasteiger partial charge in [0, 0.05) is 16.9 Å². The maximum atomic E-state index is 2.76. The molecule has 2 heteroatoms. The van der Waals surface area contributed by atoms with Gasteiger partial charge in [0.15, 0.2) is 0 Å². The minimum absolute atomic E-state index is 0.476. The van der Waals surface area contributed by atoms with Crippen LogP contribution in [0.1, 0.15) is 55.7 Å². The van der Waals surface area contributed by atoms with Crippen LogP contribution in [0.25, 0.3) is 0 Å². The second kappa shape index (κ2) is 9.05. The van der Waals surface area contributed by atoms with Gasteiger partial charge in [-0.25, -0.2) is 0 Å². The fraction of sp³-hybridized carbons (Fsp3) is 0.538. The van der Waals surface area contributed by atoms with Crippen molar-refractivity contribution in [2.45, 2.75) is 62.7 Å². The molecule has 1 aliphatic heterocycles. The number of hydrogen-bond acceptors (Lipinski definition) is 2. The number of likely N-dealkylation sites (tertiary alicyclic amines) is 1. The quantitative estimate of drug-likeness (QED) is 0.391. The van der Waals surface area contributed by atoms with Crippen LogP contribution in [0, 0.1) is 12.8 Å². The molecule has 0 aromatic heterocycles.